The normalized spacial score (nSPS) is 24.1. The Morgan fingerprint density at radius 3 is 2.72 bits per heavy atom. The Morgan fingerprint density at radius 1 is 1.08 bits per heavy atom. The second-order valence-corrected chi connectivity index (χ2v) is 7.17. The van der Waals surface area contributed by atoms with E-state index in [0.717, 1.165) is 51.9 Å². The predicted octanol–water partition coefficient (Wildman–Crippen LogP) is 2.54. The molecule has 2 fully saturated rings. The number of hydrogen-bond donors (Lipinski definition) is 0. The SMILES string of the molecule is O=C([C@H]1CCCN1Cc1ccccc1)N1CCC[C@H]1Cn1cccn1. The molecule has 2 aliphatic heterocycles. The molecule has 5 heteroatoms. The standard InChI is InChI=1S/C20H26N4O/c25-20(24-14-4-9-18(24)16-23-13-6-11-21-23)19-10-5-12-22(19)15-17-7-2-1-3-8-17/h1-3,6-8,11,13,18-19H,4-5,9-10,12,14-16H2/t18-,19+/m0/s1. The van der Waals surface area contributed by atoms with Crippen LogP contribution in [0.15, 0.2) is 48.8 Å². The van der Waals surface area contributed by atoms with Crippen LogP contribution in [0.2, 0.25) is 0 Å². The van der Waals surface area contributed by atoms with Gasteiger partial charge in [0.2, 0.25) is 5.91 Å². The predicted molar refractivity (Wildman–Crippen MR) is 96.8 cm³/mol. The Balaban J connectivity index is 1.43. The first kappa shape index (κ1) is 16.3. The van der Waals surface area contributed by atoms with Gasteiger partial charge in [0.25, 0.3) is 0 Å². The lowest BCUT2D eigenvalue weighted by atomic mass is 10.1. The molecule has 3 heterocycles. The van der Waals surface area contributed by atoms with Crippen LogP contribution in [0.25, 0.3) is 0 Å². The summed E-state index contributed by atoms with van der Waals surface area (Å²) in [5, 5.41) is 4.31. The number of nitrogens with zero attached hydrogens (tertiary/aromatic N) is 4. The number of hydrogen-bond acceptors (Lipinski definition) is 3. The van der Waals surface area contributed by atoms with Gasteiger partial charge in [0.1, 0.15) is 0 Å². The molecule has 0 spiro atoms. The van der Waals surface area contributed by atoms with E-state index in [1.54, 1.807) is 6.20 Å². The summed E-state index contributed by atoms with van der Waals surface area (Å²) in [7, 11) is 0. The third-order valence-corrected chi connectivity index (χ3v) is 5.49. The Bertz CT molecular complexity index is 685. The Labute approximate surface area is 149 Å². The Morgan fingerprint density at radius 2 is 1.92 bits per heavy atom. The first-order chi connectivity index (χ1) is 12.3. The van der Waals surface area contributed by atoms with E-state index in [0.29, 0.717) is 5.91 Å². The van der Waals surface area contributed by atoms with Crippen molar-refractivity contribution in [2.24, 2.45) is 0 Å². The zero-order chi connectivity index (χ0) is 17.1. The van der Waals surface area contributed by atoms with E-state index < -0.39 is 0 Å². The van der Waals surface area contributed by atoms with E-state index in [2.05, 4.69) is 39.2 Å². The van der Waals surface area contributed by atoms with Crippen molar-refractivity contribution < 1.29 is 4.79 Å². The zero-order valence-electron chi connectivity index (χ0n) is 14.6. The van der Waals surface area contributed by atoms with Gasteiger partial charge in [0, 0.05) is 25.5 Å². The first-order valence-corrected chi connectivity index (χ1v) is 9.37. The minimum absolute atomic E-state index is 0.0402. The van der Waals surface area contributed by atoms with E-state index >= 15 is 0 Å². The van der Waals surface area contributed by atoms with E-state index in [1.165, 1.54) is 5.56 Å². The lowest BCUT2D eigenvalue weighted by Gasteiger charge is -2.31. The molecule has 0 saturated carbocycles. The van der Waals surface area contributed by atoms with Crippen molar-refractivity contribution in [3.8, 4) is 0 Å². The summed E-state index contributed by atoms with van der Waals surface area (Å²) in [6.07, 6.45) is 8.07. The molecular formula is C20H26N4O. The summed E-state index contributed by atoms with van der Waals surface area (Å²) in [5.74, 6) is 0.322. The van der Waals surface area contributed by atoms with Crippen LogP contribution in [0.5, 0.6) is 0 Å². The third kappa shape index (κ3) is 3.61. The van der Waals surface area contributed by atoms with E-state index in [9.17, 15) is 4.79 Å². The quantitative estimate of drug-likeness (QED) is 0.841. The molecule has 1 amide bonds. The highest BCUT2D eigenvalue weighted by atomic mass is 16.2. The highest BCUT2D eigenvalue weighted by Crippen LogP contribution is 2.26. The lowest BCUT2D eigenvalue weighted by Crippen LogP contribution is -2.48. The summed E-state index contributed by atoms with van der Waals surface area (Å²) in [4.78, 5) is 17.7. The molecule has 1 aromatic carbocycles. The zero-order valence-corrected chi connectivity index (χ0v) is 14.6. The Kier molecular flexibility index (Phi) is 4.83. The van der Waals surface area contributed by atoms with Crippen LogP contribution in [0.4, 0.5) is 0 Å². The molecule has 0 aliphatic carbocycles. The third-order valence-electron chi connectivity index (χ3n) is 5.49. The number of rotatable bonds is 5. The summed E-state index contributed by atoms with van der Waals surface area (Å²) >= 11 is 0. The van der Waals surface area contributed by atoms with E-state index in [-0.39, 0.29) is 12.1 Å². The second kappa shape index (κ2) is 7.40. The van der Waals surface area contributed by atoms with Gasteiger partial charge >= 0.3 is 0 Å². The first-order valence-electron chi connectivity index (χ1n) is 9.37. The van der Waals surface area contributed by atoms with E-state index in [1.807, 2.05) is 23.0 Å². The number of carbonyl (C=O) groups is 1. The summed E-state index contributed by atoms with van der Waals surface area (Å²) in [6.45, 7) is 3.59. The second-order valence-electron chi connectivity index (χ2n) is 7.17. The topological polar surface area (TPSA) is 41.4 Å². The summed E-state index contributed by atoms with van der Waals surface area (Å²) in [5.41, 5.74) is 1.29. The van der Waals surface area contributed by atoms with Crippen LogP contribution in [0.3, 0.4) is 0 Å². The van der Waals surface area contributed by atoms with Crippen molar-refractivity contribution in [2.75, 3.05) is 13.1 Å². The fraction of sp³-hybridized carbons (Fsp3) is 0.500. The van der Waals surface area contributed by atoms with Gasteiger partial charge in [0.15, 0.2) is 0 Å². The maximum absolute atomic E-state index is 13.2. The van der Waals surface area contributed by atoms with Crippen LogP contribution < -0.4 is 0 Å². The molecule has 0 unspecified atom stereocenters. The maximum Gasteiger partial charge on any atom is 0.240 e. The van der Waals surface area contributed by atoms with Gasteiger partial charge in [-0.15, -0.1) is 0 Å². The number of likely N-dealkylation sites (tertiary alicyclic amines) is 2. The largest absolute Gasteiger partial charge is 0.336 e. The highest BCUT2D eigenvalue weighted by molar-refractivity contribution is 5.82. The fourth-order valence-corrected chi connectivity index (χ4v) is 4.24. The fourth-order valence-electron chi connectivity index (χ4n) is 4.24. The molecule has 2 aromatic rings. The van der Waals surface area contributed by atoms with Gasteiger partial charge in [-0.3, -0.25) is 14.4 Å². The molecule has 25 heavy (non-hydrogen) atoms. The van der Waals surface area contributed by atoms with Crippen LogP contribution in [0.1, 0.15) is 31.2 Å². The Hall–Kier alpha value is -2.14. The van der Waals surface area contributed by atoms with Crippen LogP contribution in [-0.2, 0) is 17.9 Å². The van der Waals surface area contributed by atoms with Crippen molar-refractivity contribution in [1.82, 2.24) is 19.6 Å². The number of benzene rings is 1. The lowest BCUT2D eigenvalue weighted by molar-refractivity contribution is -0.137. The molecule has 0 bridgehead atoms. The van der Waals surface area contributed by atoms with Gasteiger partial charge in [-0.05, 0) is 43.9 Å². The summed E-state index contributed by atoms with van der Waals surface area (Å²) in [6, 6.07) is 12.8. The van der Waals surface area contributed by atoms with Crippen molar-refractivity contribution in [3.05, 3.63) is 54.4 Å². The van der Waals surface area contributed by atoms with E-state index in [4.69, 9.17) is 0 Å². The van der Waals surface area contributed by atoms with Gasteiger partial charge in [-0.2, -0.15) is 5.10 Å². The molecule has 5 nitrogen and oxygen atoms in total. The number of carbonyl (C=O) groups excluding carboxylic acids is 1. The monoisotopic (exact) mass is 338 g/mol. The molecule has 2 atom stereocenters. The smallest absolute Gasteiger partial charge is 0.240 e. The number of amides is 1. The molecule has 2 saturated heterocycles. The van der Waals surface area contributed by atoms with Gasteiger partial charge in [0.05, 0.1) is 18.6 Å². The van der Waals surface area contributed by atoms with Crippen LogP contribution in [0, 0.1) is 0 Å². The molecule has 4 rings (SSSR count). The van der Waals surface area contributed by atoms with Gasteiger partial charge in [-0.25, -0.2) is 0 Å². The van der Waals surface area contributed by atoms with Gasteiger partial charge in [-0.1, -0.05) is 30.3 Å². The molecular weight excluding hydrogens is 312 g/mol. The molecule has 1 aromatic heterocycles. The summed E-state index contributed by atoms with van der Waals surface area (Å²) < 4.78 is 1.95. The average Bonchev–Trinajstić information content (AvgIpc) is 3.38. The molecule has 0 radical (unpaired) electrons. The van der Waals surface area contributed by atoms with Crippen molar-refractivity contribution in [3.63, 3.8) is 0 Å². The van der Waals surface area contributed by atoms with Crippen molar-refractivity contribution in [1.29, 1.82) is 0 Å². The maximum atomic E-state index is 13.2. The highest BCUT2D eigenvalue weighted by Gasteiger charge is 2.38. The van der Waals surface area contributed by atoms with Crippen LogP contribution in [-0.4, -0.2) is 50.7 Å². The number of aromatic nitrogens is 2. The molecule has 132 valence electrons. The molecule has 0 N–H and O–H groups in total. The van der Waals surface area contributed by atoms with Crippen LogP contribution >= 0.6 is 0 Å². The van der Waals surface area contributed by atoms with Gasteiger partial charge < -0.3 is 4.90 Å². The van der Waals surface area contributed by atoms with Crippen molar-refractivity contribution >= 4 is 5.91 Å². The minimum Gasteiger partial charge on any atom is -0.336 e. The minimum atomic E-state index is 0.0402. The molecule has 2 aliphatic rings. The average molecular weight is 338 g/mol. The van der Waals surface area contributed by atoms with Crippen molar-refractivity contribution in [2.45, 2.75) is 50.9 Å².